The summed E-state index contributed by atoms with van der Waals surface area (Å²) in [5.41, 5.74) is 3.80. The monoisotopic (exact) mass is 431 g/mol. The Morgan fingerprint density at radius 2 is 2.00 bits per heavy atom. The first-order chi connectivity index (χ1) is 15.4. The van der Waals surface area contributed by atoms with E-state index in [-0.39, 0.29) is 11.8 Å². The number of hydrazone groups is 1. The molecule has 2 aliphatic rings. The van der Waals surface area contributed by atoms with E-state index < -0.39 is 17.7 Å². The summed E-state index contributed by atoms with van der Waals surface area (Å²) in [4.78, 5) is 13.1. The molecule has 0 fully saturated rings. The van der Waals surface area contributed by atoms with Crippen LogP contribution >= 0.6 is 0 Å². The van der Waals surface area contributed by atoms with Gasteiger partial charge in [0.05, 0.1) is 35.7 Å². The van der Waals surface area contributed by atoms with Gasteiger partial charge in [-0.25, -0.2) is 13.8 Å². The molecule has 2 atom stereocenters. The fraction of sp³-hybridized carbons (Fsp3) is 0.250. The number of nitriles is 1. The van der Waals surface area contributed by atoms with Gasteiger partial charge in [-0.2, -0.15) is 15.5 Å². The molecule has 0 spiro atoms. The quantitative estimate of drug-likeness (QED) is 0.572. The van der Waals surface area contributed by atoms with E-state index in [0.717, 1.165) is 28.1 Å². The number of fused-ring (bicyclic) bond motifs is 1. The van der Waals surface area contributed by atoms with E-state index in [1.807, 2.05) is 23.9 Å². The third-order valence-corrected chi connectivity index (χ3v) is 6.19. The lowest BCUT2D eigenvalue weighted by atomic mass is 9.77. The van der Waals surface area contributed by atoms with Crippen LogP contribution in [0.5, 0.6) is 0 Å². The molecule has 1 aromatic heterocycles. The Bertz CT molecular complexity index is 1330. The summed E-state index contributed by atoms with van der Waals surface area (Å²) in [5.74, 6) is -1.82. The van der Waals surface area contributed by atoms with Gasteiger partial charge < -0.3 is 0 Å². The fourth-order valence-electron chi connectivity index (χ4n) is 4.38. The molecule has 2 aromatic carbocycles. The highest BCUT2D eigenvalue weighted by molar-refractivity contribution is 5.86. The van der Waals surface area contributed by atoms with Gasteiger partial charge in [0, 0.05) is 30.3 Å². The molecule has 1 aliphatic heterocycles. The smallest absolute Gasteiger partial charge is 0.250 e. The van der Waals surface area contributed by atoms with Crippen molar-refractivity contribution < 1.29 is 13.6 Å². The fourth-order valence-corrected chi connectivity index (χ4v) is 4.38. The number of benzene rings is 2. The van der Waals surface area contributed by atoms with Gasteiger partial charge in [0.15, 0.2) is 0 Å². The number of rotatable bonds is 4. The largest absolute Gasteiger partial charge is 0.272 e. The molecule has 5 rings (SSSR count). The molecule has 0 bridgehead atoms. The van der Waals surface area contributed by atoms with Crippen LogP contribution in [0.15, 0.2) is 58.8 Å². The average molecular weight is 431 g/mol. The van der Waals surface area contributed by atoms with Gasteiger partial charge in [-0.3, -0.25) is 9.48 Å². The summed E-state index contributed by atoms with van der Waals surface area (Å²) in [5, 5.41) is 20.1. The first kappa shape index (κ1) is 20.1. The first-order valence-corrected chi connectivity index (χ1v) is 10.3. The first-order valence-electron chi connectivity index (χ1n) is 10.3. The lowest BCUT2D eigenvalue weighted by Gasteiger charge is -2.34. The number of allylic oxidation sites excluding steroid dienone is 1. The predicted octanol–water partition coefficient (Wildman–Crippen LogP) is 4.48. The zero-order valence-corrected chi connectivity index (χ0v) is 17.3. The average Bonchev–Trinajstić information content (AvgIpc) is 3.41. The van der Waals surface area contributed by atoms with Crippen molar-refractivity contribution in [1.82, 2.24) is 14.8 Å². The number of amides is 1. The molecule has 2 unspecified atom stereocenters. The maximum Gasteiger partial charge on any atom is 0.250 e. The van der Waals surface area contributed by atoms with Gasteiger partial charge >= 0.3 is 0 Å². The molecule has 3 aromatic rings. The summed E-state index contributed by atoms with van der Waals surface area (Å²) in [6.07, 6.45) is 4.53. The van der Waals surface area contributed by atoms with Crippen molar-refractivity contribution >= 4 is 23.0 Å². The summed E-state index contributed by atoms with van der Waals surface area (Å²) in [6.45, 7) is 2.49. The van der Waals surface area contributed by atoms with E-state index in [0.29, 0.717) is 30.5 Å². The molecule has 6 nitrogen and oxygen atoms in total. The molecule has 0 N–H and O–H groups in total. The molecule has 0 radical (unpaired) electrons. The topological polar surface area (TPSA) is 74.3 Å². The Hall–Kier alpha value is -3.86. The van der Waals surface area contributed by atoms with Crippen molar-refractivity contribution in [3.63, 3.8) is 0 Å². The number of hydrogen-bond acceptors (Lipinski definition) is 4. The van der Waals surface area contributed by atoms with E-state index in [4.69, 9.17) is 5.26 Å². The Morgan fingerprint density at radius 3 is 2.72 bits per heavy atom. The van der Waals surface area contributed by atoms with Crippen molar-refractivity contribution in [2.45, 2.75) is 32.4 Å². The number of hydrogen-bond donors (Lipinski definition) is 0. The van der Waals surface area contributed by atoms with Crippen LogP contribution in [0.3, 0.4) is 0 Å². The third-order valence-electron chi connectivity index (χ3n) is 6.19. The molecule has 0 saturated heterocycles. The van der Waals surface area contributed by atoms with Crippen molar-refractivity contribution in [3.05, 3.63) is 76.5 Å². The van der Waals surface area contributed by atoms with Crippen LogP contribution in [-0.2, 0) is 11.3 Å². The lowest BCUT2D eigenvalue weighted by Crippen LogP contribution is -2.38. The highest BCUT2D eigenvalue weighted by Crippen LogP contribution is 2.40. The number of carbonyl (C=O) groups is 1. The molecule has 2 heterocycles. The predicted molar refractivity (Wildman–Crippen MR) is 114 cm³/mol. The Labute approximate surface area is 183 Å². The molecule has 1 amide bonds. The zero-order chi connectivity index (χ0) is 22.4. The summed E-state index contributed by atoms with van der Waals surface area (Å²) < 4.78 is 29.2. The second-order valence-corrected chi connectivity index (χ2v) is 8.19. The molecule has 160 valence electrons. The van der Waals surface area contributed by atoms with E-state index in [9.17, 15) is 13.6 Å². The second kappa shape index (κ2) is 7.68. The summed E-state index contributed by atoms with van der Waals surface area (Å²) >= 11 is 0. The van der Waals surface area contributed by atoms with Crippen LogP contribution in [0.4, 0.5) is 8.78 Å². The molecule has 1 aliphatic carbocycles. The molecule has 8 heteroatoms. The van der Waals surface area contributed by atoms with Gasteiger partial charge in [-0.1, -0.05) is 5.57 Å². The minimum absolute atomic E-state index is 0.168. The van der Waals surface area contributed by atoms with Crippen molar-refractivity contribution in [3.8, 4) is 6.07 Å². The number of halogens is 2. The molecule has 0 saturated carbocycles. The van der Waals surface area contributed by atoms with E-state index in [1.54, 1.807) is 18.3 Å². The Kier molecular flexibility index (Phi) is 4.82. The van der Waals surface area contributed by atoms with Crippen LogP contribution < -0.4 is 0 Å². The number of carbonyl (C=O) groups excluding carboxylic acids is 1. The SMILES string of the molecule is CC1=C(Cn2cc3ccc(C#N)cc3n2)CC1C(=O)N1N=CCC1c1cc(F)cc(F)c1. The molecular weight excluding hydrogens is 412 g/mol. The highest BCUT2D eigenvalue weighted by Gasteiger charge is 2.39. The standard InChI is InChI=1S/C24H19F2N5O/c1-14-18(13-30-12-16-3-2-15(11-27)6-22(16)29-30)9-21(14)24(32)31-23(4-5-28-31)17-7-19(25)10-20(26)8-17/h2-3,5-8,10,12,21,23H,4,9,13H2,1H3. The van der Waals surface area contributed by atoms with Crippen LogP contribution in [0.2, 0.25) is 0 Å². The van der Waals surface area contributed by atoms with Crippen molar-refractivity contribution in [2.24, 2.45) is 11.0 Å². The van der Waals surface area contributed by atoms with Crippen molar-refractivity contribution in [1.29, 1.82) is 5.26 Å². The maximum absolute atomic E-state index is 13.7. The van der Waals surface area contributed by atoms with E-state index >= 15 is 0 Å². The maximum atomic E-state index is 13.7. The minimum Gasteiger partial charge on any atom is -0.272 e. The minimum atomic E-state index is -0.671. The Morgan fingerprint density at radius 1 is 1.22 bits per heavy atom. The van der Waals surface area contributed by atoms with Gasteiger partial charge in [0.25, 0.3) is 5.91 Å². The molecular formula is C24H19F2N5O. The van der Waals surface area contributed by atoms with E-state index in [1.165, 1.54) is 17.1 Å². The van der Waals surface area contributed by atoms with Crippen LogP contribution in [-0.4, -0.2) is 26.9 Å². The lowest BCUT2D eigenvalue weighted by molar-refractivity contribution is -0.136. The van der Waals surface area contributed by atoms with Gasteiger partial charge in [-0.05, 0) is 54.8 Å². The van der Waals surface area contributed by atoms with Gasteiger partial charge in [0.1, 0.15) is 11.6 Å². The van der Waals surface area contributed by atoms with Crippen LogP contribution in [0, 0.1) is 28.9 Å². The van der Waals surface area contributed by atoms with Crippen molar-refractivity contribution in [2.75, 3.05) is 0 Å². The summed E-state index contributed by atoms with van der Waals surface area (Å²) in [7, 11) is 0. The van der Waals surface area contributed by atoms with E-state index in [2.05, 4.69) is 16.3 Å². The highest BCUT2D eigenvalue weighted by atomic mass is 19.1. The molecule has 32 heavy (non-hydrogen) atoms. The van der Waals surface area contributed by atoms with Gasteiger partial charge in [0.2, 0.25) is 0 Å². The second-order valence-electron chi connectivity index (χ2n) is 8.19. The summed E-state index contributed by atoms with van der Waals surface area (Å²) in [6, 6.07) is 10.3. The number of nitrogens with zero attached hydrogens (tertiary/aromatic N) is 5. The Balaban J connectivity index is 1.32. The third kappa shape index (κ3) is 3.46. The number of aromatic nitrogens is 2. The van der Waals surface area contributed by atoms with Gasteiger partial charge in [-0.15, -0.1) is 0 Å². The van der Waals surface area contributed by atoms with Crippen LogP contribution in [0.25, 0.3) is 10.9 Å². The normalized spacial score (nSPS) is 20.0. The van der Waals surface area contributed by atoms with Crippen LogP contribution in [0.1, 0.15) is 36.9 Å². The zero-order valence-electron chi connectivity index (χ0n) is 17.3.